The number of carboxylic acid groups (broad SMARTS) is 1. The Balaban J connectivity index is 1.99. The number of ether oxygens (including phenoxy) is 1. The number of carboxylic acids is 1. The van der Waals surface area contributed by atoms with Gasteiger partial charge in [0.2, 0.25) is 0 Å². The molecule has 0 aromatic carbocycles. The van der Waals surface area contributed by atoms with E-state index in [-0.39, 0.29) is 6.54 Å². The van der Waals surface area contributed by atoms with Crippen LogP contribution in [-0.2, 0) is 9.53 Å². The summed E-state index contributed by atoms with van der Waals surface area (Å²) in [7, 11) is 0. The fourth-order valence-electron chi connectivity index (χ4n) is 2.12. The number of nitrogens with zero attached hydrogens (tertiary/aromatic N) is 4. The minimum Gasteiger partial charge on any atom is -0.479 e. The van der Waals surface area contributed by atoms with Crippen molar-refractivity contribution in [2.45, 2.75) is 6.10 Å². The Morgan fingerprint density at radius 2 is 2.42 bits per heavy atom. The Morgan fingerprint density at radius 1 is 1.58 bits per heavy atom. The lowest BCUT2D eigenvalue weighted by Gasteiger charge is -2.32. The van der Waals surface area contributed by atoms with E-state index in [0.717, 1.165) is 5.69 Å². The predicted molar refractivity (Wildman–Crippen MR) is 67.6 cm³/mol. The van der Waals surface area contributed by atoms with Crippen molar-refractivity contribution in [3.05, 3.63) is 23.6 Å². The molecule has 3 heterocycles. The molecule has 1 aliphatic heterocycles. The third kappa shape index (κ3) is 2.22. The van der Waals surface area contributed by atoms with Crippen LogP contribution >= 0.6 is 11.6 Å². The van der Waals surface area contributed by atoms with Crippen LogP contribution in [0.5, 0.6) is 0 Å². The molecule has 1 saturated heterocycles. The molecule has 100 valence electrons. The van der Waals surface area contributed by atoms with Crippen LogP contribution in [0.1, 0.15) is 0 Å². The van der Waals surface area contributed by atoms with Gasteiger partial charge >= 0.3 is 5.97 Å². The number of halogens is 1. The van der Waals surface area contributed by atoms with Gasteiger partial charge in [0.05, 0.1) is 18.8 Å². The van der Waals surface area contributed by atoms with Crippen molar-refractivity contribution in [3.8, 4) is 0 Å². The molecule has 0 amide bonds. The maximum absolute atomic E-state index is 11.0. The fourth-order valence-corrected chi connectivity index (χ4v) is 2.31. The van der Waals surface area contributed by atoms with Crippen LogP contribution in [0, 0.1) is 0 Å². The van der Waals surface area contributed by atoms with E-state index < -0.39 is 12.1 Å². The van der Waals surface area contributed by atoms with E-state index in [1.165, 1.54) is 0 Å². The van der Waals surface area contributed by atoms with Crippen LogP contribution in [0.3, 0.4) is 0 Å². The zero-order valence-corrected chi connectivity index (χ0v) is 10.6. The molecule has 3 rings (SSSR count). The molecule has 2 aromatic heterocycles. The highest BCUT2D eigenvalue weighted by atomic mass is 35.5. The second kappa shape index (κ2) is 4.67. The first-order valence-corrected chi connectivity index (χ1v) is 6.12. The number of hydrogen-bond acceptors (Lipinski definition) is 5. The SMILES string of the molecule is O=C(O)C1CN(c2cc(Cl)nn3ccnc23)CCO1. The summed E-state index contributed by atoms with van der Waals surface area (Å²) in [5, 5.41) is 13.4. The van der Waals surface area contributed by atoms with Crippen molar-refractivity contribution in [3.63, 3.8) is 0 Å². The van der Waals surface area contributed by atoms with E-state index in [2.05, 4.69) is 10.1 Å². The van der Waals surface area contributed by atoms with Crippen LogP contribution in [0.2, 0.25) is 5.15 Å². The Hall–Kier alpha value is -1.86. The molecular weight excluding hydrogens is 272 g/mol. The molecule has 1 atom stereocenters. The summed E-state index contributed by atoms with van der Waals surface area (Å²) >= 11 is 5.96. The first kappa shape index (κ1) is 12.2. The van der Waals surface area contributed by atoms with Crippen LogP contribution < -0.4 is 4.90 Å². The number of anilines is 1. The molecule has 0 bridgehead atoms. The van der Waals surface area contributed by atoms with Crippen molar-refractivity contribution < 1.29 is 14.6 Å². The average Bonchev–Trinajstić information content (AvgIpc) is 2.85. The summed E-state index contributed by atoms with van der Waals surface area (Å²) in [5.41, 5.74) is 1.41. The van der Waals surface area contributed by atoms with E-state index >= 15 is 0 Å². The molecule has 0 radical (unpaired) electrons. The summed E-state index contributed by atoms with van der Waals surface area (Å²) in [4.78, 5) is 17.1. The average molecular weight is 283 g/mol. The normalized spacial score (nSPS) is 19.8. The van der Waals surface area contributed by atoms with Crippen molar-refractivity contribution in [1.82, 2.24) is 14.6 Å². The van der Waals surface area contributed by atoms with Gasteiger partial charge in [-0.1, -0.05) is 11.6 Å². The molecular formula is C11H11ClN4O3. The highest BCUT2D eigenvalue weighted by Crippen LogP contribution is 2.24. The summed E-state index contributed by atoms with van der Waals surface area (Å²) < 4.78 is 6.77. The lowest BCUT2D eigenvalue weighted by Crippen LogP contribution is -2.46. The molecule has 0 aliphatic carbocycles. The largest absolute Gasteiger partial charge is 0.479 e. The standard InChI is InChI=1S/C11H11ClN4O3/c12-9-5-7(10-13-1-2-16(10)14-9)15-3-4-19-8(6-15)11(17)18/h1-2,5,8H,3-4,6H2,(H,17,18). The number of carbonyl (C=O) groups is 1. The summed E-state index contributed by atoms with van der Waals surface area (Å²) in [6.45, 7) is 1.20. The molecule has 2 aromatic rings. The molecule has 19 heavy (non-hydrogen) atoms. The first-order valence-electron chi connectivity index (χ1n) is 5.74. The van der Waals surface area contributed by atoms with Gasteiger partial charge in [-0.2, -0.15) is 5.10 Å². The maximum Gasteiger partial charge on any atom is 0.334 e. The lowest BCUT2D eigenvalue weighted by atomic mass is 10.2. The van der Waals surface area contributed by atoms with E-state index in [4.69, 9.17) is 21.4 Å². The second-order valence-electron chi connectivity index (χ2n) is 4.19. The zero-order chi connectivity index (χ0) is 13.4. The van der Waals surface area contributed by atoms with E-state index in [1.807, 2.05) is 4.90 Å². The molecule has 1 N–H and O–H groups in total. The fraction of sp³-hybridized carbons (Fsp3) is 0.364. The van der Waals surface area contributed by atoms with Gasteiger partial charge in [0, 0.05) is 25.0 Å². The second-order valence-corrected chi connectivity index (χ2v) is 4.58. The quantitative estimate of drug-likeness (QED) is 0.872. The molecule has 8 heteroatoms. The van der Waals surface area contributed by atoms with Gasteiger partial charge in [-0.3, -0.25) is 0 Å². The highest BCUT2D eigenvalue weighted by Gasteiger charge is 2.27. The topological polar surface area (TPSA) is 80.0 Å². The minimum absolute atomic E-state index is 0.262. The van der Waals surface area contributed by atoms with Crippen molar-refractivity contribution in [2.24, 2.45) is 0 Å². The summed E-state index contributed by atoms with van der Waals surface area (Å²) in [5.74, 6) is -0.968. The first-order chi connectivity index (χ1) is 9.15. The van der Waals surface area contributed by atoms with Gasteiger partial charge in [-0.05, 0) is 0 Å². The maximum atomic E-state index is 11.0. The zero-order valence-electron chi connectivity index (χ0n) is 9.86. The van der Waals surface area contributed by atoms with Crippen molar-refractivity contribution in [1.29, 1.82) is 0 Å². The number of aliphatic carboxylic acids is 1. The van der Waals surface area contributed by atoms with E-state index in [0.29, 0.717) is 24.0 Å². The van der Waals surface area contributed by atoms with Gasteiger partial charge in [0.15, 0.2) is 16.9 Å². The van der Waals surface area contributed by atoms with Crippen LogP contribution in [0.25, 0.3) is 5.65 Å². The van der Waals surface area contributed by atoms with Gasteiger partial charge in [0.25, 0.3) is 0 Å². The number of rotatable bonds is 2. The van der Waals surface area contributed by atoms with Crippen molar-refractivity contribution in [2.75, 3.05) is 24.6 Å². The van der Waals surface area contributed by atoms with Crippen LogP contribution in [-0.4, -0.2) is 51.5 Å². The minimum atomic E-state index is -0.968. The number of imidazole rings is 1. The molecule has 1 unspecified atom stereocenters. The lowest BCUT2D eigenvalue weighted by molar-refractivity contribution is -0.150. The summed E-state index contributed by atoms with van der Waals surface area (Å²) in [6, 6.07) is 1.69. The predicted octanol–water partition coefficient (Wildman–Crippen LogP) is 0.672. The molecule has 7 nitrogen and oxygen atoms in total. The third-order valence-corrected chi connectivity index (χ3v) is 3.18. The van der Waals surface area contributed by atoms with Crippen molar-refractivity contribution >= 4 is 28.9 Å². The Bertz CT molecular complexity index is 629. The highest BCUT2D eigenvalue weighted by molar-refractivity contribution is 6.29. The Morgan fingerprint density at radius 3 is 3.21 bits per heavy atom. The van der Waals surface area contributed by atoms with Gasteiger partial charge in [-0.15, -0.1) is 0 Å². The molecule has 0 spiro atoms. The molecule has 1 aliphatic rings. The number of fused-ring (bicyclic) bond motifs is 1. The molecule has 1 fully saturated rings. The Labute approximate surface area is 113 Å². The van der Waals surface area contributed by atoms with Gasteiger partial charge in [-0.25, -0.2) is 14.3 Å². The number of aromatic nitrogens is 3. The smallest absolute Gasteiger partial charge is 0.334 e. The molecule has 0 saturated carbocycles. The van der Waals surface area contributed by atoms with Gasteiger partial charge in [0.1, 0.15) is 0 Å². The number of hydrogen-bond donors (Lipinski definition) is 1. The Kier molecular flexibility index (Phi) is 3.00. The van der Waals surface area contributed by atoms with E-state index in [1.54, 1.807) is 23.0 Å². The number of morpholine rings is 1. The summed E-state index contributed by atoms with van der Waals surface area (Å²) in [6.07, 6.45) is 2.48. The van der Waals surface area contributed by atoms with Gasteiger partial charge < -0.3 is 14.7 Å². The third-order valence-electron chi connectivity index (χ3n) is 2.99. The monoisotopic (exact) mass is 282 g/mol. The van der Waals surface area contributed by atoms with E-state index in [9.17, 15) is 4.79 Å². The van der Waals surface area contributed by atoms with Crippen LogP contribution in [0.4, 0.5) is 5.69 Å². The van der Waals surface area contributed by atoms with Crippen LogP contribution in [0.15, 0.2) is 18.5 Å².